The predicted octanol–water partition coefficient (Wildman–Crippen LogP) is 5.51. The minimum atomic E-state index is -0.747. The summed E-state index contributed by atoms with van der Waals surface area (Å²) in [5.74, 6) is 0.344. The first-order chi connectivity index (χ1) is 18.5. The molecule has 1 unspecified atom stereocenters. The number of nitriles is 1. The van der Waals surface area contributed by atoms with Crippen molar-refractivity contribution in [3.63, 3.8) is 0 Å². The molecule has 2 N–H and O–H groups in total. The zero-order chi connectivity index (χ0) is 27.1. The highest BCUT2D eigenvalue weighted by Gasteiger charge is 2.36. The van der Waals surface area contributed by atoms with Gasteiger partial charge in [-0.2, -0.15) is 5.26 Å². The minimum absolute atomic E-state index is 0.0356. The second-order valence-electron chi connectivity index (χ2n) is 8.75. The highest BCUT2D eigenvalue weighted by Crippen LogP contribution is 2.41. The van der Waals surface area contributed by atoms with Crippen molar-refractivity contribution in [3.8, 4) is 17.6 Å². The van der Waals surface area contributed by atoms with Gasteiger partial charge in [0.1, 0.15) is 35.5 Å². The highest BCUT2D eigenvalue weighted by atomic mass is 16.5. The number of carbonyl (C=O) groups excluding carboxylic acids is 1. The summed E-state index contributed by atoms with van der Waals surface area (Å²) in [7, 11) is 1.59. The van der Waals surface area contributed by atoms with E-state index in [4.69, 9.17) is 24.7 Å². The SMILES string of the molecule is CCOC(=O)C1=C(C)OC(N)=C(C#N)C1c1ccc(OC)c(COc2ccccc2Cc2ccccc2)c1. The van der Waals surface area contributed by atoms with Gasteiger partial charge in [0.25, 0.3) is 0 Å². The van der Waals surface area contributed by atoms with E-state index in [2.05, 4.69) is 18.2 Å². The Hall–Kier alpha value is -4.70. The topological polar surface area (TPSA) is 104 Å². The number of hydrogen-bond acceptors (Lipinski definition) is 7. The largest absolute Gasteiger partial charge is 0.496 e. The fourth-order valence-electron chi connectivity index (χ4n) is 4.54. The standard InChI is InChI=1S/C31H30N2O5/c1-4-36-31(34)28-20(2)38-30(33)25(18-32)29(28)23-14-15-26(35-3)24(17-23)19-37-27-13-9-8-12-22(27)16-21-10-6-5-7-11-21/h5-15,17,29H,4,16,19,33H2,1-3H3. The summed E-state index contributed by atoms with van der Waals surface area (Å²) in [5.41, 5.74) is 10.1. The number of carbonyl (C=O) groups is 1. The average Bonchev–Trinajstić information content (AvgIpc) is 2.92. The number of methoxy groups -OCH3 is 1. The number of nitrogens with two attached hydrogens (primary N) is 1. The second-order valence-corrected chi connectivity index (χ2v) is 8.75. The van der Waals surface area contributed by atoms with Gasteiger partial charge in [-0.25, -0.2) is 4.79 Å². The Balaban J connectivity index is 1.67. The van der Waals surface area contributed by atoms with Crippen LogP contribution < -0.4 is 15.2 Å². The van der Waals surface area contributed by atoms with Gasteiger partial charge in [-0.1, -0.05) is 54.6 Å². The first kappa shape index (κ1) is 26.4. The summed E-state index contributed by atoms with van der Waals surface area (Å²) in [6.07, 6.45) is 0.735. The summed E-state index contributed by atoms with van der Waals surface area (Å²) in [6.45, 7) is 3.76. The third kappa shape index (κ3) is 5.65. The van der Waals surface area contributed by atoms with Gasteiger partial charge in [-0.3, -0.25) is 0 Å². The van der Waals surface area contributed by atoms with Crippen LogP contribution in [0.5, 0.6) is 11.5 Å². The maximum Gasteiger partial charge on any atom is 0.338 e. The molecule has 4 rings (SSSR count). The van der Waals surface area contributed by atoms with E-state index in [1.165, 1.54) is 5.56 Å². The first-order valence-corrected chi connectivity index (χ1v) is 12.3. The molecule has 0 aliphatic carbocycles. The lowest BCUT2D eigenvalue weighted by atomic mass is 9.82. The van der Waals surface area contributed by atoms with Crippen LogP contribution in [0, 0.1) is 11.3 Å². The number of hydrogen-bond donors (Lipinski definition) is 1. The average molecular weight is 511 g/mol. The van der Waals surface area contributed by atoms with Crippen LogP contribution in [-0.4, -0.2) is 19.7 Å². The lowest BCUT2D eigenvalue weighted by Crippen LogP contribution is -2.25. The fourth-order valence-corrected chi connectivity index (χ4v) is 4.54. The number of benzene rings is 3. The normalized spacial score (nSPS) is 14.9. The molecular formula is C31H30N2O5. The summed E-state index contributed by atoms with van der Waals surface area (Å²) in [4.78, 5) is 12.9. The molecule has 0 radical (unpaired) electrons. The van der Waals surface area contributed by atoms with Crippen molar-refractivity contribution in [2.24, 2.45) is 5.73 Å². The van der Waals surface area contributed by atoms with E-state index >= 15 is 0 Å². The number of ether oxygens (including phenoxy) is 4. The van der Waals surface area contributed by atoms with Crippen molar-refractivity contribution < 1.29 is 23.7 Å². The molecule has 194 valence electrons. The van der Waals surface area contributed by atoms with E-state index in [1.807, 2.05) is 48.5 Å². The Bertz CT molecular complexity index is 1420. The van der Waals surface area contributed by atoms with Crippen molar-refractivity contribution in [3.05, 3.63) is 118 Å². The lowest BCUT2D eigenvalue weighted by Gasteiger charge is -2.27. The molecule has 0 saturated carbocycles. The minimum Gasteiger partial charge on any atom is -0.496 e. The maximum atomic E-state index is 12.9. The van der Waals surface area contributed by atoms with E-state index in [0.717, 1.165) is 23.3 Å². The number of nitrogens with zero attached hydrogens (tertiary/aromatic N) is 1. The molecule has 0 aromatic heterocycles. The highest BCUT2D eigenvalue weighted by molar-refractivity contribution is 5.92. The van der Waals surface area contributed by atoms with Gasteiger partial charge in [0, 0.05) is 12.0 Å². The number of rotatable bonds is 9. The molecule has 3 aromatic rings. The van der Waals surface area contributed by atoms with Crippen LogP contribution in [0.15, 0.2) is 95.6 Å². The predicted molar refractivity (Wildman–Crippen MR) is 143 cm³/mol. The Morgan fingerprint density at radius 1 is 1.03 bits per heavy atom. The van der Waals surface area contributed by atoms with Gasteiger partial charge in [-0.05, 0) is 48.7 Å². The van der Waals surface area contributed by atoms with E-state index < -0.39 is 11.9 Å². The Morgan fingerprint density at radius 2 is 1.76 bits per heavy atom. The monoisotopic (exact) mass is 510 g/mol. The molecule has 38 heavy (non-hydrogen) atoms. The molecule has 0 spiro atoms. The van der Waals surface area contributed by atoms with Crippen molar-refractivity contribution >= 4 is 5.97 Å². The quantitative estimate of drug-likeness (QED) is 0.379. The zero-order valence-corrected chi connectivity index (χ0v) is 21.7. The molecule has 1 aliphatic rings. The molecule has 1 heterocycles. The smallest absolute Gasteiger partial charge is 0.338 e. The van der Waals surface area contributed by atoms with Crippen LogP contribution in [-0.2, 0) is 27.3 Å². The van der Waals surface area contributed by atoms with Gasteiger partial charge in [0.15, 0.2) is 0 Å². The third-order valence-corrected chi connectivity index (χ3v) is 6.33. The van der Waals surface area contributed by atoms with E-state index in [1.54, 1.807) is 33.1 Å². The van der Waals surface area contributed by atoms with Crippen LogP contribution in [0.25, 0.3) is 0 Å². The number of para-hydroxylation sites is 1. The van der Waals surface area contributed by atoms with Gasteiger partial charge in [0.05, 0.1) is 25.2 Å². The molecule has 7 heteroatoms. The molecule has 1 aliphatic heterocycles. The van der Waals surface area contributed by atoms with Crippen LogP contribution in [0.2, 0.25) is 0 Å². The van der Waals surface area contributed by atoms with Crippen molar-refractivity contribution in [1.82, 2.24) is 0 Å². The molecule has 1 atom stereocenters. The van der Waals surface area contributed by atoms with Crippen LogP contribution in [0.4, 0.5) is 0 Å². The molecule has 0 bridgehead atoms. The fraction of sp³-hybridized carbons (Fsp3) is 0.226. The number of allylic oxidation sites excluding steroid dienone is 2. The lowest BCUT2D eigenvalue weighted by molar-refractivity contribution is -0.139. The molecular weight excluding hydrogens is 480 g/mol. The summed E-state index contributed by atoms with van der Waals surface area (Å²) < 4.78 is 22.7. The Kier molecular flexibility index (Phi) is 8.34. The van der Waals surface area contributed by atoms with E-state index in [9.17, 15) is 10.1 Å². The summed E-state index contributed by atoms with van der Waals surface area (Å²) in [5, 5.41) is 9.89. The van der Waals surface area contributed by atoms with Crippen molar-refractivity contribution in [2.75, 3.05) is 13.7 Å². The van der Waals surface area contributed by atoms with Gasteiger partial charge >= 0.3 is 5.97 Å². The van der Waals surface area contributed by atoms with Crippen LogP contribution >= 0.6 is 0 Å². The van der Waals surface area contributed by atoms with E-state index in [0.29, 0.717) is 17.1 Å². The Morgan fingerprint density at radius 3 is 2.47 bits per heavy atom. The third-order valence-electron chi connectivity index (χ3n) is 6.33. The molecule has 3 aromatic carbocycles. The summed E-state index contributed by atoms with van der Waals surface area (Å²) >= 11 is 0. The zero-order valence-electron chi connectivity index (χ0n) is 21.7. The maximum absolute atomic E-state index is 12.9. The molecule has 0 saturated heterocycles. The van der Waals surface area contributed by atoms with E-state index in [-0.39, 0.29) is 30.2 Å². The molecule has 0 fully saturated rings. The summed E-state index contributed by atoms with van der Waals surface area (Å²) in [6, 6.07) is 25.7. The van der Waals surface area contributed by atoms with Crippen molar-refractivity contribution in [1.29, 1.82) is 5.26 Å². The molecule has 7 nitrogen and oxygen atoms in total. The van der Waals surface area contributed by atoms with Gasteiger partial charge < -0.3 is 24.7 Å². The van der Waals surface area contributed by atoms with Gasteiger partial charge in [0.2, 0.25) is 5.88 Å². The molecule has 0 amide bonds. The van der Waals surface area contributed by atoms with Crippen molar-refractivity contribution in [2.45, 2.75) is 32.8 Å². The Labute approximate surface area is 222 Å². The second kappa shape index (κ2) is 12.0. The first-order valence-electron chi connectivity index (χ1n) is 12.3. The number of esters is 1. The van der Waals surface area contributed by atoms with Crippen LogP contribution in [0.3, 0.4) is 0 Å². The van der Waals surface area contributed by atoms with Gasteiger partial charge in [-0.15, -0.1) is 0 Å². The van der Waals surface area contributed by atoms with Crippen LogP contribution in [0.1, 0.15) is 42.0 Å².